The molecule has 3 heteroatoms. The Bertz CT molecular complexity index is 288. The smallest absolute Gasteiger partial charge is 0.124 e. The van der Waals surface area contributed by atoms with Crippen LogP contribution in [0.4, 0.5) is 0 Å². The van der Waals surface area contributed by atoms with Gasteiger partial charge in [0.15, 0.2) is 0 Å². The molecule has 0 amide bonds. The summed E-state index contributed by atoms with van der Waals surface area (Å²) in [5.74, 6) is 0.913. The maximum atomic E-state index is 5.28. The summed E-state index contributed by atoms with van der Waals surface area (Å²) in [5, 5.41) is 3.19. The standard InChI is InChI=1S/C10H14BrNO/c1-7(12-2)10-8(11)5-4-6-9(10)13-3/h4-7,12H,1-3H3/t7-/m1/s1. The molecule has 0 radical (unpaired) electrons. The van der Waals surface area contributed by atoms with Gasteiger partial charge in [0.05, 0.1) is 7.11 Å². The van der Waals surface area contributed by atoms with Crippen molar-refractivity contribution in [3.63, 3.8) is 0 Å². The largest absolute Gasteiger partial charge is 0.496 e. The molecule has 72 valence electrons. The number of ether oxygens (including phenoxy) is 1. The minimum atomic E-state index is 0.283. The second-order valence-corrected chi connectivity index (χ2v) is 3.72. The van der Waals surface area contributed by atoms with Gasteiger partial charge in [-0.3, -0.25) is 0 Å². The quantitative estimate of drug-likeness (QED) is 0.882. The van der Waals surface area contributed by atoms with Gasteiger partial charge >= 0.3 is 0 Å². The van der Waals surface area contributed by atoms with E-state index in [4.69, 9.17) is 4.74 Å². The molecule has 0 aliphatic rings. The Kier molecular flexibility index (Phi) is 3.75. The monoisotopic (exact) mass is 243 g/mol. The highest BCUT2D eigenvalue weighted by Crippen LogP contribution is 2.31. The molecule has 0 unspecified atom stereocenters. The third kappa shape index (κ3) is 2.23. The molecule has 0 aliphatic heterocycles. The molecule has 0 aromatic heterocycles. The van der Waals surface area contributed by atoms with Gasteiger partial charge in [0, 0.05) is 16.1 Å². The van der Waals surface area contributed by atoms with E-state index in [9.17, 15) is 0 Å². The van der Waals surface area contributed by atoms with E-state index in [0.29, 0.717) is 0 Å². The Balaban J connectivity index is 3.14. The number of hydrogen-bond acceptors (Lipinski definition) is 2. The number of hydrogen-bond donors (Lipinski definition) is 1. The Morgan fingerprint density at radius 3 is 2.69 bits per heavy atom. The Morgan fingerprint density at radius 2 is 2.15 bits per heavy atom. The van der Waals surface area contributed by atoms with Crippen molar-refractivity contribution in [3.8, 4) is 5.75 Å². The SMILES string of the molecule is CN[C@H](C)c1c(Br)cccc1OC. The summed E-state index contributed by atoms with van der Waals surface area (Å²) in [4.78, 5) is 0. The molecule has 1 aromatic rings. The van der Waals surface area contributed by atoms with Crippen molar-refractivity contribution in [2.75, 3.05) is 14.2 Å². The zero-order chi connectivity index (χ0) is 9.84. The molecule has 0 spiro atoms. The van der Waals surface area contributed by atoms with Crippen LogP contribution in [0.15, 0.2) is 22.7 Å². The summed E-state index contributed by atoms with van der Waals surface area (Å²) >= 11 is 3.51. The van der Waals surface area contributed by atoms with E-state index in [2.05, 4.69) is 28.2 Å². The second kappa shape index (κ2) is 4.63. The minimum Gasteiger partial charge on any atom is -0.496 e. The van der Waals surface area contributed by atoms with Crippen LogP contribution in [0.25, 0.3) is 0 Å². The lowest BCUT2D eigenvalue weighted by atomic mass is 10.1. The molecule has 1 aromatic carbocycles. The highest BCUT2D eigenvalue weighted by molar-refractivity contribution is 9.10. The lowest BCUT2D eigenvalue weighted by Crippen LogP contribution is -2.13. The van der Waals surface area contributed by atoms with Gasteiger partial charge in [0.1, 0.15) is 5.75 Å². The van der Waals surface area contributed by atoms with Crippen molar-refractivity contribution >= 4 is 15.9 Å². The lowest BCUT2D eigenvalue weighted by Gasteiger charge is -2.16. The molecule has 0 aliphatic carbocycles. The molecular formula is C10H14BrNO. The van der Waals surface area contributed by atoms with E-state index < -0.39 is 0 Å². The fourth-order valence-corrected chi connectivity index (χ4v) is 1.95. The first kappa shape index (κ1) is 10.5. The van der Waals surface area contributed by atoms with Crippen LogP contribution in [-0.4, -0.2) is 14.2 Å². The van der Waals surface area contributed by atoms with Crippen LogP contribution in [0.2, 0.25) is 0 Å². The van der Waals surface area contributed by atoms with Gasteiger partial charge < -0.3 is 10.1 Å². The first-order chi connectivity index (χ1) is 6.20. The van der Waals surface area contributed by atoms with Gasteiger partial charge in [-0.1, -0.05) is 22.0 Å². The third-order valence-electron chi connectivity index (χ3n) is 2.10. The zero-order valence-electron chi connectivity index (χ0n) is 8.10. The van der Waals surface area contributed by atoms with E-state index in [1.807, 2.05) is 25.2 Å². The summed E-state index contributed by atoms with van der Waals surface area (Å²) in [7, 11) is 3.62. The number of benzene rings is 1. The first-order valence-corrected chi connectivity index (χ1v) is 4.99. The molecule has 1 rings (SSSR count). The zero-order valence-corrected chi connectivity index (χ0v) is 9.68. The topological polar surface area (TPSA) is 21.3 Å². The summed E-state index contributed by atoms with van der Waals surface area (Å²) in [5.41, 5.74) is 1.16. The molecule has 0 bridgehead atoms. The maximum absolute atomic E-state index is 5.28. The van der Waals surface area contributed by atoms with Crippen LogP contribution in [0.1, 0.15) is 18.5 Å². The summed E-state index contributed by atoms with van der Waals surface area (Å²) in [6, 6.07) is 6.24. The molecular weight excluding hydrogens is 230 g/mol. The fraction of sp³-hybridized carbons (Fsp3) is 0.400. The van der Waals surface area contributed by atoms with Gasteiger partial charge in [-0.15, -0.1) is 0 Å². The van der Waals surface area contributed by atoms with Gasteiger partial charge in [-0.25, -0.2) is 0 Å². The molecule has 1 N–H and O–H groups in total. The van der Waals surface area contributed by atoms with Gasteiger partial charge in [0.25, 0.3) is 0 Å². The Labute approximate surface area is 87.4 Å². The van der Waals surface area contributed by atoms with Crippen molar-refractivity contribution in [1.29, 1.82) is 0 Å². The molecule has 13 heavy (non-hydrogen) atoms. The van der Waals surface area contributed by atoms with E-state index in [1.54, 1.807) is 7.11 Å². The summed E-state index contributed by atoms with van der Waals surface area (Å²) in [6.45, 7) is 2.10. The van der Waals surface area contributed by atoms with E-state index in [-0.39, 0.29) is 6.04 Å². The van der Waals surface area contributed by atoms with Crippen LogP contribution >= 0.6 is 15.9 Å². The van der Waals surface area contributed by atoms with Crippen molar-refractivity contribution < 1.29 is 4.74 Å². The number of nitrogens with one attached hydrogen (secondary N) is 1. The highest BCUT2D eigenvalue weighted by Gasteiger charge is 2.12. The van der Waals surface area contributed by atoms with Crippen molar-refractivity contribution in [1.82, 2.24) is 5.32 Å². The number of halogens is 1. The summed E-state index contributed by atoms with van der Waals surface area (Å²) in [6.07, 6.45) is 0. The average molecular weight is 244 g/mol. The lowest BCUT2D eigenvalue weighted by molar-refractivity contribution is 0.403. The molecule has 0 fully saturated rings. The molecule has 0 saturated heterocycles. The van der Waals surface area contributed by atoms with E-state index >= 15 is 0 Å². The van der Waals surface area contributed by atoms with E-state index in [0.717, 1.165) is 15.8 Å². The normalized spacial score (nSPS) is 12.6. The fourth-order valence-electron chi connectivity index (χ4n) is 1.26. The van der Waals surface area contributed by atoms with Crippen LogP contribution in [0.5, 0.6) is 5.75 Å². The predicted octanol–water partition coefficient (Wildman–Crippen LogP) is 2.74. The molecule has 1 atom stereocenters. The number of rotatable bonds is 3. The second-order valence-electron chi connectivity index (χ2n) is 2.87. The van der Waals surface area contributed by atoms with E-state index in [1.165, 1.54) is 0 Å². The minimum absolute atomic E-state index is 0.283. The summed E-state index contributed by atoms with van der Waals surface area (Å²) < 4.78 is 6.36. The Hall–Kier alpha value is -0.540. The van der Waals surface area contributed by atoms with Crippen molar-refractivity contribution in [2.45, 2.75) is 13.0 Å². The third-order valence-corrected chi connectivity index (χ3v) is 2.79. The van der Waals surface area contributed by atoms with Crippen LogP contribution in [-0.2, 0) is 0 Å². The predicted molar refractivity (Wildman–Crippen MR) is 58.2 cm³/mol. The molecule has 2 nitrogen and oxygen atoms in total. The van der Waals surface area contributed by atoms with Gasteiger partial charge in [-0.2, -0.15) is 0 Å². The Morgan fingerprint density at radius 1 is 1.46 bits per heavy atom. The van der Waals surface area contributed by atoms with Crippen LogP contribution < -0.4 is 10.1 Å². The average Bonchev–Trinajstić information content (AvgIpc) is 2.16. The maximum Gasteiger partial charge on any atom is 0.124 e. The molecule has 0 heterocycles. The first-order valence-electron chi connectivity index (χ1n) is 4.20. The van der Waals surface area contributed by atoms with Crippen molar-refractivity contribution in [2.24, 2.45) is 0 Å². The van der Waals surface area contributed by atoms with Gasteiger partial charge in [-0.05, 0) is 26.1 Å². The molecule has 0 saturated carbocycles. The van der Waals surface area contributed by atoms with Crippen molar-refractivity contribution in [3.05, 3.63) is 28.2 Å². The number of methoxy groups -OCH3 is 1. The van der Waals surface area contributed by atoms with Crippen LogP contribution in [0.3, 0.4) is 0 Å². The highest BCUT2D eigenvalue weighted by atomic mass is 79.9. The van der Waals surface area contributed by atoms with Gasteiger partial charge in [0.2, 0.25) is 0 Å². The van der Waals surface area contributed by atoms with Crippen LogP contribution in [0, 0.1) is 0 Å².